The van der Waals surface area contributed by atoms with Crippen LogP contribution in [0.2, 0.25) is 5.02 Å². The number of ether oxygens (including phenoxy) is 1. The fraction of sp³-hybridized carbons (Fsp3) is 0.0588. The van der Waals surface area contributed by atoms with Crippen LogP contribution in [0.5, 0.6) is 5.75 Å². The van der Waals surface area contributed by atoms with Crippen molar-refractivity contribution in [2.45, 2.75) is 0 Å². The van der Waals surface area contributed by atoms with E-state index in [1.807, 2.05) is 30.3 Å². The molecular weight excluding hydrogens is 300 g/mol. The van der Waals surface area contributed by atoms with Crippen LogP contribution in [0.3, 0.4) is 0 Å². The molecule has 5 heteroatoms. The van der Waals surface area contributed by atoms with Crippen LogP contribution >= 0.6 is 11.6 Å². The molecule has 2 aromatic carbocycles. The Kier molecular flexibility index (Phi) is 5.74. The summed E-state index contributed by atoms with van der Waals surface area (Å²) in [5.74, 6) is 0.520. The maximum atomic E-state index is 11.8. The number of benzene rings is 2. The predicted octanol–water partition coefficient (Wildman–Crippen LogP) is 3.78. The molecule has 0 aliphatic heterocycles. The molecule has 112 valence electrons. The van der Waals surface area contributed by atoms with Crippen molar-refractivity contribution in [2.24, 2.45) is 5.10 Å². The number of carbonyl (C=O) groups excluding carboxylic acids is 1. The zero-order valence-corrected chi connectivity index (χ0v) is 12.7. The molecule has 0 spiro atoms. The quantitative estimate of drug-likeness (QED) is 0.674. The summed E-state index contributed by atoms with van der Waals surface area (Å²) in [7, 11) is 1.63. The van der Waals surface area contributed by atoms with Gasteiger partial charge in [-0.15, -0.1) is 0 Å². The molecule has 0 aliphatic rings. The molecular formula is C17H15ClN2O2. The number of rotatable bonds is 5. The first-order chi connectivity index (χ1) is 10.7. The van der Waals surface area contributed by atoms with Gasteiger partial charge in [-0.05, 0) is 48.0 Å². The molecule has 0 aliphatic carbocycles. The standard InChI is InChI=1S/C17H15ClN2O2/c1-22-16-10-4-13(5-11-16)3-2-12-19-20-17(21)14-6-8-15(18)9-7-14/h2-12H,1H3,(H,20,21)/b3-2+,19-12-. The van der Waals surface area contributed by atoms with E-state index >= 15 is 0 Å². The minimum absolute atomic E-state index is 0.286. The molecule has 2 rings (SSSR count). The molecule has 0 radical (unpaired) electrons. The summed E-state index contributed by atoms with van der Waals surface area (Å²) >= 11 is 5.76. The Morgan fingerprint density at radius 3 is 2.45 bits per heavy atom. The lowest BCUT2D eigenvalue weighted by molar-refractivity contribution is 0.0955. The number of carbonyl (C=O) groups is 1. The molecule has 0 bridgehead atoms. The fourth-order valence-corrected chi connectivity index (χ4v) is 1.80. The lowest BCUT2D eigenvalue weighted by Crippen LogP contribution is -2.17. The summed E-state index contributed by atoms with van der Waals surface area (Å²) < 4.78 is 5.08. The number of hydrogen-bond acceptors (Lipinski definition) is 3. The number of halogens is 1. The van der Waals surface area contributed by atoms with E-state index in [4.69, 9.17) is 16.3 Å². The Bertz CT molecular complexity index is 677. The van der Waals surface area contributed by atoms with Crippen molar-refractivity contribution in [2.75, 3.05) is 7.11 Å². The lowest BCUT2D eigenvalue weighted by Gasteiger charge is -1.99. The van der Waals surface area contributed by atoms with Gasteiger partial charge in [0.15, 0.2) is 0 Å². The Labute approximate surface area is 134 Å². The Morgan fingerprint density at radius 2 is 1.82 bits per heavy atom. The first-order valence-corrected chi connectivity index (χ1v) is 6.96. The van der Waals surface area contributed by atoms with Crippen LogP contribution in [0.15, 0.2) is 59.7 Å². The van der Waals surface area contributed by atoms with Gasteiger partial charge >= 0.3 is 0 Å². The molecule has 0 saturated carbocycles. The number of methoxy groups -OCH3 is 1. The summed E-state index contributed by atoms with van der Waals surface area (Å²) in [6, 6.07) is 14.2. The van der Waals surface area contributed by atoms with Crippen molar-refractivity contribution in [1.82, 2.24) is 5.43 Å². The van der Waals surface area contributed by atoms with Crippen LogP contribution < -0.4 is 10.2 Å². The summed E-state index contributed by atoms with van der Waals surface area (Å²) in [6.07, 6.45) is 5.12. The van der Waals surface area contributed by atoms with Crippen LogP contribution in [-0.2, 0) is 0 Å². The second-order valence-electron chi connectivity index (χ2n) is 4.36. The topological polar surface area (TPSA) is 50.7 Å². The van der Waals surface area contributed by atoms with Crippen LogP contribution in [-0.4, -0.2) is 19.2 Å². The molecule has 1 amide bonds. The van der Waals surface area contributed by atoms with Crippen LogP contribution in [0.25, 0.3) is 6.08 Å². The van der Waals surface area contributed by atoms with E-state index in [0.717, 1.165) is 11.3 Å². The summed E-state index contributed by atoms with van der Waals surface area (Å²) in [5.41, 5.74) is 3.95. The van der Waals surface area contributed by atoms with Gasteiger partial charge in [0.2, 0.25) is 0 Å². The van der Waals surface area contributed by atoms with Gasteiger partial charge in [0.25, 0.3) is 5.91 Å². The summed E-state index contributed by atoms with van der Waals surface area (Å²) in [4.78, 5) is 11.8. The predicted molar refractivity (Wildman–Crippen MR) is 89.4 cm³/mol. The number of nitrogens with one attached hydrogen (secondary N) is 1. The monoisotopic (exact) mass is 314 g/mol. The van der Waals surface area contributed by atoms with E-state index in [9.17, 15) is 4.79 Å². The largest absolute Gasteiger partial charge is 0.497 e. The highest BCUT2D eigenvalue weighted by Crippen LogP contribution is 2.12. The van der Waals surface area contributed by atoms with Gasteiger partial charge in [-0.3, -0.25) is 4.79 Å². The number of amides is 1. The van der Waals surface area contributed by atoms with Crippen molar-refractivity contribution in [1.29, 1.82) is 0 Å². The van der Waals surface area contributed by atoms with E-state index in [2.05, 4.69) is 10.5 Å². The zero-order valence-electron chi connectivity index (χ0n) is 12.0. The first kappa shape index (κ1) is 15.8. The summed E-state index contributed by atoms with van der Waals surface area (Å²) in [6.45, 7) is 0. The third-order valence-electron chi connectivity index (χ3n) is 2.84. The number of allylic oxidation sites excluding steroid dienone is 1. The number of hydrogen-bond donors (Lipinski definition) is 1. The van der Waals surface area contributed by atoms with Gasteiger partial charge in [-0.25, -0.2) is 5.43 Å². The average Bonchev–Trinajstić information content (AvgIpc) is 2.55. The van der Waals surface area contributed by atoms with Gasteiger partial charge in [-0.1, -0.05) is 29.8 Å². The Balaban J connectivity index is 1.85. The van der Waals surface area contributed by atoms with Crippen molar-refractivity contribution < 1.29 is 9.53 Å². The minimum atomic E-state index is -0.286. The number of hydrazone groups is 1. The van der Waals surface area contributed by atoms with Crippen molar-refractivity contribution in [3.63, 3.8) is 0 Å². The lowest BCUT2D eigenvalue weighted by atomic mass is 10.2. The molecule has 0 saturated heterocycles. The molecule has 1 N–H and O–H groups in total. The maximum Gasteiger partial charge on any atom is 0.271 e. The molecule has 0 unspecified atom stereocenters. The number of nitrogens with zero attached hydrogens (tertiary/aromatic N) is 1. The SMILES string of the molecule is COc1ccc(/C=C/C=N\NC(=O)c2ccc(Cl)cc2)cc1. The van der Waals surface area contributed by atoms with Gasteiger partial charge in [0.1, 0.15) is 5.75 Å². The minimum Gasteiger partial charge on any atom is -0.497 e. The highest BCUT2D eigenvalue weighted by Gasteiger charge is 2.02. The molecule has 2 aromatic rings. The first-order valence-electron chi connectivity index (χ1n) is 6.59. The van der Waals surface area contributed by atoms with Gasteiger partial charge in [-0.2, -0.15) is 5.10 Å². The van der Waals surface area contributed by atoms with E-state index in [0.29, 0.717) is 10.6 Å². The van der Waals surface area contributed by atoms with Crippen LogP contribution in [0.1, 0.15) is 15.9 Å². The Hall–Kier alpha value is -2.59. The highest BCUT2D eigenvalue weighted by molar-refractivity contribution is 6.30. The molecule has 0 fully saturated rings. The second-order valence-corrected chi connectivity index (χ2v) is 4.79. The van der Waals surface area contributed by atoms with Crippen molar-refractivity contribution >= 4 is 29.8 Å². The van der Waals surface area contributed by atoms with Gasteiger partial charge < -0.3 is 4.74 Å². The van der Waals surface area contributed by atoms with Crippen molar-refractivity contribution in [3.8, 4) is 5.75 Å². The third-order valence-corrected chi connectivity index (χ3v) is 3.09. The second kappa shape index (κ2) is 8.00. The average molecular weight is 315 g/mol. The van der Waals surface area contributed by atoms with E-state index < -0.39 is 0 Å². The highest BCUT2D eigenvalue weighted by atomic mass is 35.5. The fourth-order valence-electron chi connectivity index (χ4n) is 1.67. The molecule has 0 aromatic heterocycles. The van der Waals surface area contributed by atoms with Crippen LogP contribution in [0, 0.1) is 0 Å². The molecule has 0 atom stereocenters. The van der Waals surface area contributed by atoms with E-state index in [-0.39, 0.29) is 5.91 Å². The molecule has 22 heavy (non-hydrogen) atoms. The maximum absolute atomic E-state index is 11.8. The smallest absolute Gasteiger partial charge is 0.271 e. The summed E-state index contributed by atoms with van der Waals surface area (Å²) in [5, 5.41) is 4.44. The van der Waals surface area contributed by atoms with Gasteiger partial charge in [0.05, 0.1) is 7.11 Å². The molecule has 4 nitrogen and oxygen atoms in total. The Morgan fingerprint density at radius 1 is 1.14 bits per heavy atom. The zero-order chi connectivity index (χ0) is 15.8. The van der Waals surface area contributed by atoms with Gasteiger partial charge in [0, 0.05) is 16.8 Å². The molecule has 0 heterocycles. The normalized spacial score (nSPS) is 11.0. The van der Waals surface area contributed by atoms with E-state index in [1.165, 1.54) is 6.21 Å². The van der Waals surface area contributed by atoms with E-state index in [1.54, 1.807) is 37.5 Å². The van der Waals surface area contributed by atoms with Crippen molar-refractivity contribution in [3.05, 3.63) is 70.8 Å². The third kappa shape index (κ3) is 4.75. The van der Waals surface area contributed by atoms with Crippen LogP contribution in [0.4, 0.5) is 0 Å².